The molecule has 0 atom stereocenters. The fourth-order valence-corrected chi connectivity index (χ4v) is 1.19. The van der Waals surface area contributed by atoms with Crippen LogP contribution in [0.3, 0.4) is 0 Å². The minimum atomic E-state index is -1.19. The average molecular weight is 286 g/mol. The maximum Gasteiger partial charge on any atom is 0.331 e. The van der Waals surface area contributed by atoms with Gasteiger partial charge < -0.3 is 15.2 Å². The summed E-state index contributed by atoms with van der Waals surface area (Å²) >= 11 is 0. The summed E-state index contributed by atoms with van der Waals surface area (Å²) in [6, 6.07) is -0.650. The molecule has 0 saturated heterocycles. The lowest BCUT2D eigenvalue weighted by atomic mass is 10.1. The van der Waals surface area contributed by atoms with Crippen LogP contribution in [-0.4, -0.2) is 42.8 Å². The molecule has 114 valence electrons. The Morgan fingerprint density at radius 2 is 1.75 bits per heavy atom. The molecular formula is C13H22N2O5. The summed E-state index contributed by atoms with van der Waals surface area (Å²) in [4.78, 5) is 33.6. The molecule has 0 saturated carbocycles. The van der Waals surface area contributed by atoms with E-state index in [1.54, 1.807) is 0 Å². The molecule has 0 aliphatic carbocycles. The number of ether oxygens (including phenoxy) is 1. The second-order valence-electron chi connectivity index (χ2n) is 4.23. The number of carboxylic acid groups (broad SMARTS) is 1. The summed E-state index contributed by atoms with van der Waals surface area (Å²) in [7, 11) is 0. The van der Waals surface area contributed by atoms with Crippen molar-refractivity contribution in [3.63, 3.8) is 0 Å². The van der Waals surface area contributed by atoms with E-state index < -0.39 is 17.9 Å². The number of amides is 3. The van der Waals surface area contributed by atoms with Crippen LogP contribution in [-0.2, 0) is 14.3 Å². The van der Waals surface area contributed by atoms with E-state index in [1.165, 1.54) is 13.8 Å². The third-order valence-electron chi connectivity index (χ3n) is 2.55. The third kappa shape index (κ3) is 7.52. The average Bonchev–Trinajstić information content (AvgIpc) is 2.40. The number of hydrogen-bond acceptors (Lipinski definition) is 4. The quantitative estimate of drug-likeness (QED) is 0.457. The predicted molar refractivity (Wildman–Crippen MR) is 73.3 cm³/mol. The van der Waals surface area contributed by atoms with Gasteiger partial charge in [-0.25, -0.2) is 9.59 Å². The van der Waals surface area contributed by atoms with Crippen LogP contribution in [0.25, 0.3) is 0 Å². The Morgan fingerprint density at radius 3 is 2.30 bits per heavy atom. The number of nitrogens with one attached hydrogen (secondary N) is 2. The topological polar surface area (TPSA) is 105 Å². The molecule has 7 heteroatoms. The van der Waals surface area contributed by atoms with Gasteiger partial charge in [0.15, 0.2) is 0 Å². The van der Waals surface area contributed by atoms with E-state index in [0.717, 1.165) is 6.42 Å². The Labute approximate surface area is 118 Å². The van der Waals surface area contributed by atoms with Crippen molar-refractivity contribution in [1.29, 1.82) is 0 Å². The van der Waals surface area contributed by atoms with Crippen LogP contribution in [0.15, 0.2) is 11.1 Å². The highest BCUT2D eigenvalue weighted by Crippen LogP contribution is 2.03. The summed E-state index contributed by atoms with van der Waals surface area (Å²) in [5.74, 6) is -1.91. The van der Waals surface area contributed by atoms with Crippen molar-refractivity contribution in [2.75, 3.05) is 19.8 Å². The van der Waals surface area contributed by atoms with Gasteiger partial charge in [-0.15, -0.1) is 0 Å². The number of urea groups is 1. The zero-order chi connectivity index (χ0) is 15.5. The molecule has 0 aliphatic rings. The highest BCUT2D eigenvalue weighted by molar-refractivity contribution is 6.07. The molecule has 0 aliphatic heterocycles. The Balaban J connectivity index is 4.00. The molecule has 0 spiro atoms. The smallest absolute Gasteiger partial charge is 0.331 e. The molecule has 0 aromatic heterocycles. The maximum atomic E-state index is 11.6. The summed E-state index contributed by atoms with van der Waals surface area (Å²) in [6.07, 6.45) is 1.58. The Bertz CT molecular complexity index is 390. The molecule has 0 aromatic carbocycles. The zero-order valence-corrected chi connectivity index (χ0v) is 12.1. The minimum Gasteiger partial charge on any atom is -0.478 e. The van der Waals surface area contributed by atoms with Gasteiger partial charge in [0.1, 0.15) is 0 Å². The number of carbonyl (C=O) groups excluding carboxylic acids is 2. The van der Waals surface area contributed by atoms with E-state index in [9.17, 15) is 14.4 Å². The van der Waals surface area contributed by atoms with Crippen molar-refractivity contribution in [3.8, 4) is 0 Å². The van der Waals surface area contributed by atoms with Crippen molar-refractivity contribution in [3.05, 3.63) is 11.1 Å². The van der Waals surface area contributed by atoms with E-state index in [1.807, 2.05) is 6.92 Å². The Kier molecular flexibility index (Phi) is 9.02. The van der Waals surface area contributed by atoms with Gasteiger partial charge in [-0.05, 0) is 26.7 Å². The van der Waals surface area contributed by atoms with Gasteiger partial charge in [-0.1, -0.05) is 6.92 Å². The molecule has 0 unspecified atom stereocenters. The summed E-state index contributed by atoms with van der Waals surface area (Å²) in [5, 5.41) is 13.3. The van der Waals surface area contributed by atoms with Crippen molar-refractivity contribution in [1.82, 2.24) is 10.6 Å². The number of hydrogen-bond donors (Lipinski definition) is 3. The van der Waals surface area contributed by atoms with Gasteiger partial charge in [0, 0.05) is 30.9 Å². The SMILES string of the molecule is CCCOCCCNC(=O)NC(=O)C(C)=C(C)C(=O)O. The van der Waals surface area contributed by atoms with Crippen LogP contribution in [0, 0.1) is 0 Å². The van der Waals surface area contributed by atoms with Gasteiger partial charge >= 0.3 is 12.0 Å². The van der Waals surface area contributed by atoms with E-state index in [0.29, 0.717) is 26.2 Å². The molecule has 0 fully saturated rings. The molecule has 0 heterocycles. The maximum absolute atomic E-state index is 11.6. The van der Waals surface area contributed by atoms with Gasteiger partial charge in [-0.2, -0.15) is 0 Å². The van der Waals surface area contributed by atoms with Crippen LogP contribution >= 0.6 is 0 Å². The van der Waals surface area contributed by atoms with Crippen LogP contribution in [0.2, 0.25) is 0 Å². The molecule has 3 amide bonds. The molecule has 0 bridgehead atoms. The van der Waals surface area contributed by atoms with Gasteiger partial charge in [0.2, 0.25) is 0 Å². The van der Waals surface area contributed by atoms with Crippen LogP contribution in [0.5, 0.6) is 0 Å². The molecule has 20 heavy (non-hydrogen) atoms. The second kappa shape index (κ2) is 9.96. The largest absolute Gasteiger partial charge is 0.478 e. The summed E-state index contributed by atoms with van der Waals surface area (Å²) in [5.41, 5.74) is -0.0952. The number of carboxylic acids is 1. The Morgan fingerprint density at radius 1 is 1.10 bits per heavy atom. The van der Waals surface area contributed by atoms with Gasteiger partial charge in [-0.3, -0.25) is 10.1 Å². The lowest BCUT2D eigenvalue weighted by molar-refractivity contribution is -0.133. The van der Waals surface area contributed by atoms with Crippen molar-refractivity contribution >= 4 is 17.9 Å². The van der Waals surface area contributed by atoms with Gasteiger partial charge in [0.05, 0.1) is 0 Å². The van der Waals surface area contributed by atoms with Crippen molar-refractivity contribution in [2.24, 2.45) is 0 Å². The number of aliphatic carboxylic acids is 1. The van der Waals surface area contributed by atoms with E-state index in [-0.39, 0.29) is 11.1 Å². The standard InChI is InChI=1S/C13H22N2O5/c1-4-7-20-8-5-6-14-13(19)15-11(16)9(2)10(3)12(17)18/h4-8H2,1-3H3,(H,17,18)(H2,14,15,16,19). The first kappa shape index (κ1) is 18.1. The number of carbonyl (C=O) groups is 3. The lowest BCUT2D eigenvalue weighted by Gasteiger charge is -2.08. The van der Waals surface area contributed by atoms with E-state index in [4.69, 9.17) is 9.84 Å². The molecule has 0 radical (unpaired) electrons. The molecule has 0 aromatic rings. The normalized spacial score (nSPS) is 11.6. The monoisotopic (exact) mass is 286 g/mol. The van der Waals surface area contributed by atoms with Crippen LogP contribution in [0.4, 0.5) is 4.79 Å². The lowest BCUT2D eigenvalue weighted by Crippen LogP contribution is -2.40. The van der Waals surface area contributed by atoms with E-state index in [2.05, 4.69) is 10.6 Å². The van der Waals surface area contributed by atoms with Crippen molar-refractivity contribution in [2.45, 2.75) is 33.6 Å². The third-order valence-corrected chi connectivity index (χ3v) is 2.55. The fourth-order valence-electron chi connectivity index (χ4n) is 1.19. The minimum absolute atomic E-state index is 0.000992. The number of rotatable bonds is 8. The highest BCUT2D eigenvalue weighted by Gasteiger charge is 2.14. The first-order valence-electron chi connectivity index (χ1n) is 6.47. The first-order valence-corrected chi connectivity index (χ1v) is 6.47. The summed E-state index contributed by atoms with van der Waals surface area (Å²) < 4.78 is 5.23. The zero-order valence-electron chi connectivity index (χ0n) is 12.1. The Hall–Kier alpha value is -1.89. The molecule has 3 N–H and O–H groups in total. The predicted octanol–water partition coefficient (Wildman–Crippen LogP) is 1.05. The number of imide groups is 1. The van der Waals surface area contributed by atoms with Crippen LogP contribution < -0.4 is 10.6 Å². The van der Waals surface area contributed by atoms with E-state index >= 15 is 0 Å². The fraction of sp³-hybridized carbons (Fsp3) is 0.615. The molecule has 0 rings (SSSR count). The highest BCUT2D eigenvalue weighted by atomic mass is 16.5. The second-order valence-corrected chi connectivity index (χ2v) is 4.23. The molecule has 7 nitrogen and oxygen atoms in total. The van der Waals surface area contributed by atoms with Crippen LogP contribution in [0.1, 0.15) is 33.6 Å². The summed E-state index contributed by atoms with van der Waals surface area (Å²) in [6.45, 7) is 6.27. The van der Waals surface area contributed by atoms with Gasteiger partial charge in [0.25, 0.3) is 5.91 Å². The van der Waals surface area contributed by atoms with Crippen molar-refractivity contribution < 1.29 is 24.2 Å². The molecular weight excluding hydrogens is 264 g/mol. The first-order chi connectivity index (χ1) is 9.40.